The fourth-order valence-electron chi connectivity index (χ4n) is 2.50. The van der Waals surface area contributed by atoms with E-state index in [9.17, 15) is 9.59 Å². The van der Waals surface area contributed by atoms with E-state index in [1.54, 1.807) is 7.05 Å². The van der Waals surface area contributed by atoms with E-state index in [0.29, 0.717) is 13.1 Å². The molecule has 0 spiro atoms. The van der Waals surface area contributed by atoms with Gasteiger partial charge in [-0.1, -0.05) is 18.2 Å². The van der Waals surface area contributed by atoms with Crippen molar-refractivity contribution >= 4 is 22.8 Å². The summed E-state index contributed by atoms with van der Waals surface area (Å²) in [5, 5.41) is 10.2. The minimum Gasteiger partial charge on any atom is -0.477 e. The van der Waals surface area contributed by atoms with Gasteiger partial charge in [0.2, 0.25) is 0 Å². The van der Waals surface area contributed by atoms with Crippen LogP contribution in [0.4, 0.5) is 0 Å². The van der Waals surface area contributed by atoms with E-state index >= 15 is 0 Å². The Hall–Kier alpha value is -3.09. The van der Waals surface area contributed by atoms with Gasteiger partial charge < -0.3 is 19.6 Å². The lowest BCUT2D eigenvalue weighted by atomic mass is 10.2. The Labute approximate surface area is 132 Å². The van der Waals surface area contributed by atoms with Gasteiger partial charge in [0.05, 0.1) is 6.33 Å². The number of H-pyrrole nitrogens is 1. The number of carbonyl (C=O) groups excluding carboxylic acids is 1. The van der Waals surface area contributed by atoms with Crippen molar-refractivity contribution in [2.24, 2.45) is 0 Å². The number of amides is 1. The van der Waals surface area contributed by atoms with Crippen LogP contribution >= 0.6 is 0 Å². The van der Waals surface area contributed by atoms with E-state index in [0.717, 1.165) is 10.9 Å². The molecule has 0 aliphatic carbocycles. The van der Waals surface area contributed by atoms with Crippen LogP contribution < -0.4 is 0 Å². The van der Waals surface area contributed by atoms with Gasteiger partial charge in [0.15, 0.2) is 11.4 Å². The molecular weight excluding hydrogens is 296 g/mol. The van der Waals surface area contributed by atoms with Crippen molar-refractivity contribution in [1.29, 1.82) is 0 Å². The predicted octanol–water partition coefficient (Wildman–Crippen LogP) is 1.83. The molecule has 1 amide bonds. The molecule has 0 aliphatic heterocycles. The van der Waals surface area contributed by atoms with Crippen LogP contribution in [-0.4, -0.2) is 50.0 Å². The number of carbonyl (C=O) groups is 2. The maximum Gasteiger partial charge on any atom is 0.354 e. The van der Waals surface area contributed by atoms with Crippen LogP contribution in [0.2, 0.25) is 0 Å². The molecule has 2 aromatic heterocycles. The number of nitrogens with zero attached hydrogens (tertiary/aromatic N) is 3. The first-order valence-electron chi connectivity index (χ1n) is 7.14. The van der Waals surface area contributed by atoms with Gasteiger partial charge in [-0.15, -0.1) is 0 Å². The maximum atomic E-state index is 12.3. The fraction of sp³-hybridized carbons (Fsp3) is 0.188. The Morgan fingerprint density at radius 3 is 2.87 bits per heavy atom. The number of aromatic amines is 1. The predicted molar refractivity (Wildman–Crippen MR) is 84.4 cm³/mol. The highest BCUT2D eigenvalue weighted by atomic mass is 16.4. The number of carboxylic acids is 1. The van der Waals surface area contributed by atoms with Gasteiger partial charge in [-0.05, 0) is 17.5 Å². The lowest BCUT2D eigenvalue weighted by Gasteiger charge is -2.17. The number of nitrogens with one attached hydrogen (secondary N) is 1. The number of carboxylic acid groups (broad SMARTS) is 1. The second-order valence-electron chi connectivity index (χ2n) is 5.23. The Morgan fingerprint density at radius 1 is 1.30 bits per heavy atom. The van der Waals surface area contributed by atoms with Crippen LogP contribution in [0.5, 0.6) is 0 Å². The molecule has 2 N–H and O–H groups in total. The van der Waals surface area contributed by atoms with Gasteiger partial charge in [-0.3, -0.25) is 4.79 Å². The largest absolute Gasteiger partial charge is 0.477 e. The molecule has 0 unspecified atom stereocenters. The second-order valence-corrected chi connectivity index (χ2v) is 5.23. The highest BCUT2D eigenvalue weighted by molar-refractivity contribution is 6.02. The number of aromatic carboxylic acids is 1. The summed E-state index contributed by atoms with van der Waals surface area (Å²) >= 11 is 0. The Kier molecular flexibility index (Phi) is 3.84. The first-order valence-corrected chi connectivity index (χ1v) is 7.14. The summed E-state index contributed by atoms with van der Waals surface area (Å²) < 4.78 is 2.06. The van der Waals surface area contributed by atoms with Crippen molar-refractivity contribution in [2.45, 2.75) is 6.54 Å². The topological polar surface area (TPSA) is 91.2 Å². The van der Waals surface area contributed by atoms with E-state index in [1.165, 1.54) is 11.2 Å². The number of hydrogen-bond acceptors (Lipinski definition) is 3. The van der Waals surface area contributed by atoms with Gasteiger partial charge in [-0.2, -0.15) is 0 Å². The quantitative estimate of drug-likeness (QED) is 0.752. The number of likely N-dealkylation sites (N-methyl/N-ethyl adjacent to an activating group) is 1. The van der Waals surface area contributed by atoms with Crippen molar-refractivity contribution in [3.05, 3.63) is 54.2 Å². The van der Waals surface area contributed by atoms with Gasteiger partial charge >= 0.3 is 5.97 Å². The van der Waals surface area contributed by atoms with Crippen molar-refractivity contribution in [2.75, 3.05) is 13.6 Å². The van der Waals surface area contributed by atoms with Crippen LogP contribution in [0.1, 0.15) is 21.0 Å². The molecule has 0 fully saturated rings. The molecule has 3 rings (SSSR count). The molecular formula is C16H16N4O3. The minimum atomic E-state index is -1.20. The SMILES string of the molecule is CN(CCn1ccc2ccccc21)C(=O)c1nc[nH]c1C(=O)O. The van der Waals surface area contributed by atoms with Crippen LogP contribution in [0.25, 0.3) is 10.9 Å². The lowest BCUT2D eigenvalue weighted by Crippen LogP contribution is -2.31. The zero-order valence-electron chi connectivity index (χ0n) is 12.6. The number of para-hydroxylation sites is 1. The molecule has 0 bridgehead atoms. The first-order chi connectivity index (χ1) is 11.1. The van der Waals surface area contributed by atoms with E-state index in [1.807, 2.05) is 36.5 Å². The minimum absolute atomic E-state index is 0.0719. The van der Waals surface area contributed by atoms with Crippen molar-refractivity contribution in [1.82, 2.24) is 19.4 Å². The summed E-state index contributed by atoms with van der Waals surface area (Å²) in [4.78, 5) is 31.1. The summed E-state index contributed by atoms with van der Waals surface area (Å²) in [6.07, 6.45) is 3.18. The third kappa shape index (κ3) is 2.80. The van der Waals surface area contributed by atoms with Crippen molar-refractivity contribution < 1.29 is 14.7 Å². The van der Waals surface area contributed by atoms with Crippen LogP contribution in [-0.2, 0) is 6.54 Å². The number of benzene rings is 1. The van der Waals surface area contributed by atoms with Gasteiger partial charge in [0, 0.05) is 31.9 Å². The molecule has 0 atom stereocenters. The summed E-state index contributed by atoms with van der Waals surface area (Å²) in [7, 11) is 1.63. The van der Waals surface area contributed by atoms with E-state index in [-0.39, 0.29) is 11.4 Å². The van der Waals surface area contributed by atoms with E-state index in [4.69, 9.17) is 5.11 Å². The molecule has 1 aromatic carbocycles. The third-order valence-electron chi connectivity index (χ3n) is 3.76. The molecule has 0 saturated carbocycles. The fourth-order valence-corrected chi connectivity index (χ4v) is 2.50. The van der Waals surface area contributed by atoms with Crippen LogP contribution in [0.15, 0.2) is 42.9 Å². The second kappa shape index (κ2) is 5.96. The third-order valence-corrected chi connectivity index (χ3v) is 3.76. The number of rotatable bonds is 5. The standard InChI is InChI=1S/C16H16N4O3/c1-19(15(21)13-14(16(22)23)18-10-17-13)8-9-20-7-6-11-4-2-3-5-12(11)20/h2-7,10H,8-9H2,1H3,(H,17,18)(H,22,23). The zero-order valence-corrected chi connectivity index (χ0v) is 12.6. The normalized spacial score (nSPS) is 10.8. The van der Waals surface area contributed by atoms with Gasteiger partial charge in [0.25, 0.3) is 5.91 Å². The monoisotopic (exact) mass is 312 g/mol. The average molecular weight is 312 g/mol. The van der Waals surface area contributed by atoms with Gasteiger partial charge in [0.1, 0.15) is 0 Å². The highest BCUT2D eigenvalue weighted by Crippen LogP contribution is 2.15. The Morgan fingerprint density at radius 2 is 2.09 bits per heavy atom. The lowest BCUT2D eigenvalue weighted by molar-refractivity contribution is 0.0674. The summed E-state index contributed by atoms with van der Waals surface area (Å²) in [5.74, 6) is -1.62. The molecule has 7 heteroatoms. The molecule has 7 nitrogen and oxygen atoms in total. The average Bonchev–Trinajstić information content (AvgIpc) is 3.19. The molecule has 2 heterocycles. The zero-order chi connectivity index (χ0) is 16.4. The molecule has 0 aliphatic rings. The van der Waals surface area contributed by atoms with Crippen molar-refractivity contribution in [3.8, 4) is 0 Å². The van der Waals surface area contributed by atoms with E-state index < -0.39 is 11.9 Å². The molecule has 0 radical (unpaired) electrons. The molecule has 23 heavy (non-hydrogen) atoms. The smallest absolute Gasteiger partial charge is 0.354 e. The van der Waals surface area contributed by atoms with E-state index in [2.05, 4.69) is 14.5 Å². The number of imidazole rings is 1. The number of aromatic nitrogens is 3. The molecule has 0 saturated heterocycles. The molecule has 118 valence electrons. The van der Waals surface area contributed by atoms with Gasteiger partial charge in [-0.25, -0.2) is 9.78 Å². The summed E-state index contributed by atoms with van der Waals surface area (Å²) in [6.45, 7) is 1.06. The van der Waals surface area contributed by atoms with Crippen LogP contribution in [0.3, 0.4) is 0 Å². The number of fused-ring (bicyclic) bond motifs is 1. The Bertz CT molecular complexity index is 865. The first kappa shape index (κ1) is 14.8. The highest BCUT2D eigenvalue weighted by Gasteiger charge is 2.22. The maximum absolute atomic E-state index is 12.3. The molecule has 3 aromatic rings. The Balaban J connectivity index is 1.72. The van der Waals surface area contributed by atoms with Crippen molar-refractivity contribution in [3.63, 3.8) is 0 Å². The summed E-state index contributed by atoms with van der Waals surface area (Å²) in [5.41, 5.74) is 0.838. The number of hydrogen-bond donors (Lipinski definition) is 2. The summed E-state index contributed by atoms with van der Waals surface area (Å²) in [6, 6.07) is 10.0. The van der Waals surface area contributed by atoms with Crippen LogP contribution in [0, 0.1) is 0 Å².